The summed E-state index contributed by atoms with van der Waals surface area (Å²) in [5, 5.41) is 7.82. The third-order valence-corrected chi connectivity index (χ3v) is 4.44. The molecule has 4 rings (SSSR count). The molecule has 0 aliphatic carbocycles. The van der Waals surface area contributed by atoms with Gasteiger partial charge in [-0.2, -0.15) is 5.10 Å². The standard InChI is InChI=1S/C18H20N6O2/c1-23(2)18-19-6-5-15(21-18)16-11-24(7-8-26-16)17(25)12-3-4-14-13(9-12)10-20-22-14/h3-6,9-10,16H,7-8,11H2,1-2H3,(H,20,22)/t16-/m1/s1. The molecule has 0 radical (unpaired) electrons. The Morgan fingerprint density at radius 1 is 1.35 bits per heavy atom. The van der Waals surface area contributed by atoms with Gasteiger partial charge in [0.1, 0.15) is 6.10 Å². The van der Waals surface area contributed by atoms with Gasteiger partial charge in [0, 0.05) is 37.8 Å². The number of carbonyl (C=O) groups excluding carboxylic acids is 1. The van der Waals surface area contributed by atoms with Crippen molar-refractivity contribution >= 4 is 22.8 Å². The smallest absolute Gasteiger partial charge is 0.254 e. The Bertz CT molecular complexity index is 938. The molecule has 0 bridgehead atoms. The third-order valence-electron chi connectivity index (χ3n) is 4.44. The second kappa shape index (κ2) is 6.72. The predicted molar refractivity (Wildman–Crippen MR) is 97.0 cm³/mol. The number of aromatic amines is 1. The molecule has 1 amide bonds. The molecule has 8 nitrogen and oxygen atoms in total. The lowest BCUT2D eigenvalue weighted by Crippen LogP contribution is -2.42. The maximum absolute atomic E-state index is 12.9. The average Bonchev–Trinajstić information content (AvgIpc) is 3.15. The number of nitrogens with zero attached hydrogens (tertiary/aromatic N) is 5. The van der Waals surface area contributed by atoms with Crippen LogP contribution in [0.15, 0.2) is 36.7 Å². The van der Waals surface area contributed by atoms with E-state index in [9.17, 15) is 4.79 Å². The molecule has 8 heteroatoms. The van der Waals surface area contributed by atoms with Crippen LogP contribution in [0.5, 0.6) is 0 Å². The number of rotatable bonds is 3. The number of carbonyl (C=O) groups is 1. The lowest BCUT2D eigenvalue weighted by Gasteiger charge is -2.33. The summed E-state index contributed by atoms with van der Waals surface area (Å²) in [5.41, 5.74) is 2.35. The fourth-order valence-electron chi connectivity index (χ4n) is 3.03. The van der Waals surface area contributed by atoms with E-state index in [-0.39, 0.29) is 12.0 Å². The van der Waals surface area contributed by atoms with E-state index in [1.807, 2.05) is 48.2 Å². The van der Waals surface area contributed by atoms with Crippen LogP contribution in [0.3, 0.4) is 0 Å². The van der Waals surface area contributed by atoms with E-state index in [0.717, 1.165) is 16.6 Å². The van der Waals surface area contributed by atoms with Crippen molar-refractivity contribution < 1.29 is 9.53 Å². The van der Waals surface area contributed by atoms with Crippen molar-refractivity contribution in [3.05, 3.63) is 47.9 Å². The molecule has 3 aromatic rings. The molecular formula is C18H20N6O2. The van der Waals surface area contributed by atoms with Gasteiger partial charge in [0.05, 0.1) is 30.6 Å². The first kappa shape index (κ1) is 16.5. The van der Waals surface area contributed by atoms with Crippen molar-refractivity contribution in [2.24, 2.45) is 0 Å². The zero-order valence-corrected chi connectivity index (χ0v) is 14.7. The van der Waals surface area contributed by atoms with Crippen LogP contribution in [-0.4, -0.2) is 64.8 Å². The van der Waals surface area contributed by atoms with Gasteiger partial charge in [-0.15, -0.1) is 0 Å². The van der Waals surface area contributed by atoms with E-state index in [1.165, 1.54) is 0 Å². The van der Waals surface area contributed by atoms with Gasteiger partial charge in [0.25, 0.3) is 5.91 Å². The van der Waals surface area contributed by atoms with Gasteiger partial charge in [-0.1, -0.05) is 0 Å². The summed E-state index contributed by atoms with van der Waals surface area (Å²) in [4.78, 5) is 25.3. The quantitative estimate of drug-likeness (QED) is 0.771. The molecule has 1 N–H and O–H groups in total. The first-order valence-electron chi connectivity index (χ1n) is 8.46. The largest absolute Gasteiger partial charge is 0.368 e. The number of H-pyrrole nitrogens is 1. The number of hydrogen-bond acceptors (Lipinski definition) is 6. The molecule has 1 aliphatic heterocycles. The van der Waals surface area contributed by atoms with E-state index in [0.29, 0.717) is 31.2 Å². The first-order valence-corrected chi connectivity index (χ1v) is 8.46. The van der Waals surface area contributed by atoms with Gasteiger partial charge < -0.3 is 14.5 Å². The van der Waals surface area contributed by atoms with Crippen molar-refractivity contribution in [2.75, 3.05) is 38.7 Å². The van der Waals surface area contributed by atoms with E-state index in [4.69, 9.17) is 4.74 Å². The molecule has 0 spiro atoms. The van der Waals surface area contributed by atoms with Crippen molar-refractivity contribution in [2.45, 2.75) is 6.10 Å². The first-order chi connectivity index (χ1) is 12.6. The van der Waals surface area contributed by atoms with Crippen molar-refractivity contribution in [3.8, 4) is 0 Å². The number of aromatic nitrogens is 4. The highest BCUT2D eigenvalue weighted by Crippen LogP contribution is 2.23. The summed E-state index contributed by atoms with van der Waals surface area (Å²) in [6.45, 7) is 1.50. The van der Waals surface area contributed by atoms with E-state index >= 15 is 0 Å². The summed E-state index contributed by atoms with van der Waals surface area (Å²) >= 11 is 0. The number of anilines is 1. The molecule has 3 heterocycles. The van der Waals surface area contributed by atoms with Crippen LogP contribution in [0.4, 0.5) is 5.95 Å². The average molecular weight is 352 g/mol. The van der Waals surface area contributed by atoms with Crippen LogP contribution in [0, 0.1) is 0 Å². The molecule has 26 heavy (non-hydrogen) atoms. The van der Waals surface area contributed by atoms with Gasteiger partial charge in [-0.3, -0.25) is 9.89 Å². The molecular weight excluding hydrogens is 332 g/mol. The topological polar surface area (TPSA) is 87.2 Å². The Kier molecular flexibility index (Phi) is 4.26. The normalized spacial score (nSPS) is 17.5. The van der Waals surface area contributed by atoms with Crippen LogP contribution >= 0.6 is 0 Å². The van der Waals surface area contributed by atoms with Gasteiger partial charge in [-0.05, 0) is 24.3 Å². The summed E-state index contributed by atoms with van der Waals surface area (Å²) < 4.78 is 5.86. The summed E-state index contributed by atoms with van der Waals surface area (Å²) in [6, 6.07) is 7.40. The highest BCUT2D eigenvalue weighted by atomic mass is 16.5. The lowest BCUT2D eigenvalue weighted by molar-refractivity contribution is -0.0247. The maximum Gasteiger partial charge on any atom is 0.254 e. The Balaban J connectivity index is 1.54. The highest BCUT2D eigenvalue weighted by molar-refractivity contribution is 5.97. The van der Waals surface area contributed by atoms with Gasteiger partial charge in [0.15, 0.2) is 0 Å². The maximum atomic E-state index is 12.9. The van der Waals surface area contributed by atoms with E-state index in [1.54, 1.807) is 12.4 Å². The minimum Gasteiger partial charge on any atom is -0.368 e. The molecule has 1 saturated heterocycles. The second-order valence-corrected chi connectivity index (χ2v) is 6.46. The van der Waals surface area contributed by atoms with Crippen LogP contribution in [-0.2, 0) is 4.74 Å². The molecule has 1 aliphatic rings. The fraction of sp³-hybridized carbons (Fsp3) is 0.333. The Morgan fingerprint density at radius 2 is 2.23 bits per heavy atom. The number of ether oxygens (including phenoxy) is 1. The third kappa shape index (κ3) is 3.11. The summed E-state index contributed by atoms with van der Waals surface area (Å²) in [5.74, 6) is 0.614. The molecule has 0 unspecified atom stereocenters. The minimum atomic E-state index is -0.257. The minimum absolute atomic E-state index is 0.0108. The number of fused-ring (bicyclic) bond motifs is 1. The predicted octanol–water partition coefficient (Wildman–Crippen LogP) is 1.63. The molecule has 2 aromatic heterocycles. The lowest BCUT2D eigenvalue weighted by atomic mass is 10.1. The fourth-order valence-corrected chi connectivity index (χ4v) is 3.03. The Labute approximate surface area is 150 Å². The zero-order valence-electron chi connectivity index (χ0n) is 14.7. The van der Waals surface area contributed by atoms with Crippen molar-refractivity contribution in [1.82, 2.24) is 25.1 Å². The number of amides is 1. The van der Waals surface area contributed by atoms with Crippen LogP contribution < -0.4 is 4.90 Å². The monoisotopic (exact) mass is 352 g/mol. The number of nitrogens with one attached hydrogen (secondary N) is 1. The van der Waals surface area contributed by atoms with E-state index in [2.05, 4.69) is 20.2 Å². The molecule has 0 saturated carbocycles. The zero-order chi connectivity index (χ0) is 18.1. The number of benzene rings is 1. The Hall–Kier alpha value is -3.00. The van der Waals surface area contributed by atoms with Crippen LogP contribution in [0.2, 0.25) is 0 Å². The van der Waals surface area contributed by atoms with Crippen molar-refractivity contribution in [1.29, 1.82) is 0 Å². The number of hydrogen-bond donors (Lipinski definition) is 1. The van der Waals surface area contributed by atoms with E-state index < -0.39 is 0 Å². The van der Waals surface area contributed by atoms with Crippen LogP contribution in [0.25, 0.3) is 10.9 Å². The molecule has 1 aromatic carbocycles. The molecule has 1 atom stereocenters. The van der Waals surface area contributed by atoms with Gasteiger partial charge in [-0.25, -0.2) is 9.97 Å². The van der Waals surface area contributed by atoms with Crippen LogP contribution in [0.1, 0.15) is 22.2 Å². The van der Waals surface area contributed by atoms with Gasteiger partial charge in [0.2, 0.25) is 5.95 Å². The second-order valence-electron chi connectivity index (χ2n) is 6.46. The molecule has 134 valence electrons. The van der Waals surface area contributed by atoms with Gasteiger partial charge >= 0.3 is 0 Å². The SMILES string of the molecule is CN(C)c1nccc([C@H]2CN(C(=O)c3ccc4[nH]ncc4c3)CCO2)n1. The summed E-state index contributed by atoms with van der Waals surface area (Å²) in [6.07, 6.45) is 3.18. The summed E-state index contributed by atoms with van der Waals surface area (Å²) in [7, 11) is 3.78. The van der Waals surface area contributed by atoms with Crippen molar-refractivity contribution in [3.63, 3.8) is 0 Å². The highest BCUT2D eigenvalue weighted by Gasteiger charge is 2.27. The Morgan fingerprint density at radius 3 is 3.08 bits per heavy atom. The number of morpholine rings is 1. The molecule has 1 fully saturated rings.